The van der Waals surface area contributed by atoms with E-state index < -0.39 is 38.8 Å². The fraction of sp³-hybridized carbons (Fsp3) is 0.833. The Morgan fingerprint density at radius 3 is 2.00 bits per heavy atom. The Labute approximate surface area is 90.2 Å². The minimum atomic E-state index is -4.80. The standard InChI is InChI=1S/C6H13O9P/c7-1-3(8)5(10)6(11)4(9)2-15-16(12,13)14/h1,3-6,8-11H,2H2,(H2,12,13,14)/t3-,4+,5+,6-/m1/s1. The molecule has 0 aromatic heterocycles. The van der Waals surface area contributed by atoms with Crippen LogP contribution < -0.4 is 0 Å². The Morgan fingerprint density at radius 1 is 1.12 bits per heavy atom. The van der Waals surface area contributed by atoms with Gasteiger partial charge in [-0.05, 0) is 0 Å². The average Bonchev–Trinajstić information content (AvgIpc) is 2.21. The molecule has 0 rings (SSSR count). The highest BCUT2D eigenvalue weighted by molar-refractivity contribution is 7.46. The van der Waals surface area contributed by atoms with E-state index in [2.05, 4.69) is 4.52 Å². The molecule has 0 bridgehead atoms. The number of carbonyl (C=O) groups excluding carboxylic acids is 1. The van der Waals surface area contributed by atoms with Gasteiger partial charge in [0.15, 0.2) is 6.29 Å². The van der Waals surface area contributed by atoms with Gasteiger partial charge in [0.05, 0.1) is 6.61 Å². The first-order valence-corrected chi connectivity index (χ1v) is 5.59. The Hall–Kier alpha value is -0.380. The van der Waals surface area contributed by atoms with Crippen LogP contribution >= 0.6 is 7.82 Å². The van der Waals surface area contributed by atoms with Gasteiger partial charge in [-0.15, -0.1) is 0 Å². The molecule has 0 radical (unpaired) electrons. The quantitative estimate of drug-likeness (QED) is 0.203. The first kappa shape index (κ1) is 15.6. The lowest BCUT2D eigenvalue weighted by Crippen LogP contribution is -2.46. The van der Waals surface area contributed by atoms with Crippen LogP contribution in [0.2, 0.25) is 0 Å². The number of phosphoric ester groups is 1. The van der Waals surface area contributed by atoms with Gasteiger partial charge in [0, 0.05) is 0 Å². The maximum Gasteiger partial charge on any atom is 0.469 e. The van der Waals surface area contributed by atoms with E-state index in [-0.39, 0.29) is 6.29 Å². The van der Waals surface area contributed by atoms with Crippen LogP contribution in [0.5, 0.6) is 0 Å². The van der Waals surface area contributed by atoms with Crippen LogP contribution in [0.3, 0.4) is 0 Å². The van der Waals surface area contributed by atoms with Crippen LogP contribution in [-0.2, 0) is 13.9 Å². The topological polar surface area (TPSA) is 165 Å². The summed E-state index contributed by atoms with van der Waals surface area (Å²) in [5.41, 5.74) is 0. The van der Waals surface area contributed by atoms with E-state index in [9.17, 15) is 9.36 Å². The summed E-state index contributed by atoms with van der Waals surface area (Å²) in [6.07, 6.45) is -7.80. The second-order valence-electron chi connectivity index (χ2n) is 2.96. The third kappa shape index (κ3) is 5.64. The molecule has 0 unspecified atom stereocenters. The molecule has 0 fully saturated rings. The molecule has 0 aliphatic rings. The molecule has 16 heavy (non-hydrogen) atoms. The predicted molar refractivity (Wildman–Crippen MR) is 48.1 cm³/mol. The second-order valence-corrected chi connectivity index (χ2v) is 4.20. The predicted octanol–water partition coefficient (Wildman–Crippen LogP) is -3.26. The molecule has 0 saturated carbocycles. The van der Waals surface area contributed by atoms with Crippen molar-refractivity contribution in [2.45, 2.75) is 24.4 Å². The molecule has 0 aromatic rings. The smallest absolute Gasteiger partial charge is 0.388 e. The highest BCUT2D eigenvalue weighted by Crippen LogP contribution is 2.35. The van der Waals surface area contributed by atoms with Gasteiger partial charge >= 0.3 is 7.82 Å². The molecule has 9 nitrogen and oxygen atoms in total. The van der Waals surface area contributed by atoms with Crippen molar-refractivity contribution in [2.75, 3.05) is 6.61 Å². The van der Waals surface area contributed by atoms with E-state index in [1.54, 1.807) is 0 Å². The molecule has 0 aliphatic heterocycles. The normalized spacial score (nSPS) is 19.9. The molecule has 96 valence electrons. The summed E-state index contributed by atoms with van der Waals surface area (Å²) in [7, 11) is -4.80. The van der Waals surface area contributed by atoms with Crippen LogP contribution in [0.15, 0.2) is 0 Å². The van der Waals surface area contributed by atoms with Crippen LogP contribution in [0.1, 0.15) is 0 Å². The zero-order valence-corrected chi connectivity index (χ0v) is 8.84. The number of hydrogen-bond donors (Lipinski definition) is 6. The first-order chi connectivity index (χ1) is 7.19. The van der Waals surface area contributed by atoms with Crippen molar-refractivity contribution in [1.82, 2.24) is 0 Å². The van der Waals surface area contributed by atoms with Crippen LogP contribution in [0, 0.1) is 0 Å². The van der Waals surface area contributed by atoms with Gasteiger partial charge in [-0.1, -0.05) is 0 Å². The van der Waals surface area contributed by atoms with Gasteiger partial charge in [0.25, 0.3) is 0 Å². The van der Waals surface area contributed by atoms with Crippen LogP contribution in [0.4, 0.5) is 0 Å². The highest BCUT2D eigenvalue weighted by Gasteiger charge is 2.31. The summed E-state index contributed by atoms with van der Waals surface area (Å²) in [5, 5.41) is 36.1. The van der Waals surface area contributed by atoms with Crippen molar-refractivity contribution in [3.63, 3.8) is 0 Å². The molecule has 0 aromatic carbocycles. The molecule has 10 heteroatoms. The number of carbonyl (C=O) groups is 1. The van der Waals surface area contributed by atoms with Crippen molar-refractivity contribution < 1.29 is 44.1 Å². The van der Waals surface area contributed by atoms with Gasteiger partial charge < -0.3 is 35.0 Å². The summed E-state index contributed by atoms with van der Waals surface area (Å²) in [6.45, 7) is -0.964. The fourth-order valence-electron chi connectivity index (χ4n) is 0.782. The van der Waals surface area contributed by atoms with Gasteiger partial charge in [0.1, 0.15) is 24.4 Å². The molecule has 0 saturated heterocycles. The summed E-state index contributed by atoms with van der Waals surface area (Å²) >= 11 is 0. The Bertz CT molecular complexity index is 263. The van der Waals surface area contributed by atoms with Gasteiger partial charge in [-0.25, -0.2) is 4.57 Å². The maximum absolute atomic E-state index is 10.2. The Balaban J connectivity index is 4.22. The van der Waals surface area contributed by atoms with E-state index >= 15 is 0 Å². The largest absolute Gasteiger partial charge is 0.469 e. The number of aliphatic hydroxyl groups is 4. The van der Waals surface area contributed by atoms with Crippen molar-refractivity contribution in [2.24, 2.45) is 0 Å². The SMILES string of the molecule is O=C[C@@H](O)[C@H](O)[C@H](O)[C@@H](O)COP(=O)(O)O. The molecule has 6 N–H and O–H groups in total. The lowest BCUT2D eigenvalue weighted by Gasteiger charge is -2.23. The molecule has 0 amide bonds. The van der Waals surface area contributed by atoms with Crippen molar-refractivity contribution in [3.8, 4) is 0 Å². The van der Waals surface area contributed by atoms with Crippen LogP contribution in [0.25, 0.3) is 0 Å². The Morgan fingerprint density at radius 2 is 1.62 bits per heavy atom. The first-order valence-electron chi connectivity index (χ1n) is 4.06. The fourth-order valence-corrected chi connectivity index (χ4v) is 1.13. The third-order valence-electron chi connectivity index (χ3n) is 1.65. The maximum atomic E-state index is 10.2. The second kappa shape index (κ2) is 6.38. The molecular formula is C6H13O9P. The lowest BCUT2D eigenvalue weighted by atomic mass is 10.0. The number of aliphatic hydroxyl groups excluding tert-OH is 4. The third-order valence-corrected chi connectivity index (χ3v) is 2.13. The average molecular weight is 260 g/mol. The molecule has 4 atom stereocenters. The zero-order chi connectivity index (χ0) is 12.9. The summed E-state index contributed by atoms with van der Waals surface area (Å²) in [4.78, 5) is 26.6. The summed E-state index contributed by atoms with van der Waals surface area (Å²) in [6, 6.07) is 0. The van der Waals surface area contributed by atoms with Gasteiger partial charge in [-0.2, -0.15) is 0 Å². The molecular weight excluding hydrogens is 247 g/mol. The van der Waals surface area contributed by atoms with E-state index in [1.165, 1.54) is 0 Å². The van der Waals surface area contributed by atoms with E-state index in [1.807, 2.05) is 0 Å². The lowest BCUT2D eigenvalue weighted by molar-refractivity contribution is -0.136. The number of phosphoric acid groups is 1. The number of hydrogen-bond acceptors (Lipinski definition) is 7. The van der Waals surface area contributed by atoms with Gasteiger partial charge in [0.2, 0.25) is 0 Å². The summed E-state index contributed by atoms with van der Waals surface area (Å²) < 4.78 is 14.1. The number of rotatable bonds is 7. The van der Waals surface area contributed by atoms with Crippen molar-refractivity contribution in [1.29, 1.82) is 0 Å². The monoisotopic (exact) mass is 260 g/mol. The minimum Gasteiger partial charge on any atom is -0.388 e. The van der Waals surface area contributed by atoms with Crippen LogP contribution in [-0.4, -0.2) is 67.5 Å². The van der Waals surface area contributed by atoms with E-state index in [0.717, 1.165) is 0 Å². The molecule has 0 spiro atoms. The van der Waals surface area contributed by atoms with Crippen molar-refractivity contribution in [3.05, 3.63) is 0 Å². The van der Waals surface area contributed by atoms with E-state index in [0.29, 0.717) is 0 Å². The molecule has 0 heterocycles. The van der Waals surface area contributed by atoms with E-state index in [4.69, 9.17) is 30.2 Å². The summed E-state index contributed by atoms with van der Waals surface area (Å²) in [5.74, 6) is 0. The number of aldehydes is 1. The highest BCUT2D eigenvalue weighted by atomic mass is 31.2. The minimum absolute atomic E-state index is 0.0650. The Kier molecular flexibility index (Phi) is 6.23. The molecule has 0 aliphatic carbocycles. The zero-order valence-electron chi connectivity index (χ0n) is 7.95. The van der Waals surface area contributed by atoms with Crippen molar-refractivity contribution >= 4 is 14.1 Å². The van der Waals surface area contributed by atoms with Gasteiger partial charge in [-0.3, -0.25) is 4.52 Å².